The van der Waals surface area contributed by atoms with E-state index in [2.05, 4.69) is 16.1 Å². The van der Waals surface area contributed by atoms with Gasteiger partial charge in [-0.3, -0.25) is 4.90 Å². The normalized spacial score (nSPS) is 28.0. The lowest BCUT2D eigenvalue weighted by atomic mass is 10.0. The van der Waals surface area contributed by atoms with E-state index in [0.29, 0.717) is 6.04 Å². The molecule has 3 nitrogen and oxygen atoms in total. The Bertz CT molecular complexity index is 229. The summed E-state index contributed by atoms with van der Waals surface area (Å²) in [6, 6.07) is 1.28. The van der Waals surface area contributed by atoms with E-state index in [1.807, 2.05) is 11.8 Å². The molecule has 2 fully saturated rings. The van der Waals surface area contributed by atoms with Gasteiger partial charge in [0, 0.05) is 18.6 Å². The minimum absolute atomic E-state index is 0.463. The highest BCUT2D eigenvalue weighted by atomic mass is 32.2. The van der Waals surface area contributed by atoms with E-state index in [9.17, 15) is 0 Å². The number of piperidine rings is 1. The highest BCUT2D eigenvalue weighted by molar-refractivity contribution is 7.98. The Kier molecular flexibility index (Phi) is 6.29. The molecule has 0 aromatic heterocycles. The van der Waals surface area contributed by atoms with Crippen molar-refractivity contribution in [2.24, 2.45) is 5.73 Å². The van der Waals surface area contributed by atoms with Gasteiger partial charge in [0.25, 0.3) is 0 Å². The fourth-order valence-electron chi connectivity index (χ4n) is 3.18. The predicted molar refractivity (Wildman–Crippen MR) is 81.2 cm³/mol. The maximum absolute atomic E-state index is 5.98. The summed E-state index contributed by atoms with van der Waals surface area (Å²) in [6.45, 7) is 6.38. The summed E-state index contributed by atoms with van der Waals surface area (Å²) in [5, 5.41) is 0. The Balaban J connectivity index is 1.62. The van der Waals surface area contributed by atoms with Gasteiger partial charge in [-0.25, -0.2) is 0 Å². The average molecular weight is 271 g/mol. The monoisotopic (exact) mass is 271 g/mol. The number of unbranched alkanes of at least 4 members (excludes halogenated alkanes) is 1. The Hall–Kier alpha value is 0.230. The van der Waals surface area contributed by atoms with Crippen molar-refractivity contribution in [1.82, 2.24) is 9.80 Å². The fourth-order valence-corrected chi connectivity index (χ4v) is 3.67. The Morgan fingerprint density at radius 3 is 2.61 bits per heavy atom. The largest absolute Gasteiger partial charge is 0.328 e. The van der Waals surface area contributed by atoms with Crippen molar-refractivity contribution >= 4 is 11.8 Å². The van der Waals surface area contributed by atoms with Crippen molar-refractivity contribution in [2.75, 3.05) is 44.7 Å². The van der Waals surface area contributed by atoms with Crippen molar-refractivity contribution in [3.8, 4) is 0 Å². The lowest BCUT2D eigenvalue weighted by Gasteiger charge is -2.34. The zero-order chi connectivity index (χ0) is 12.8. The minimum Gasteiger partial charge on any atom is -0.328 e. The Labute approximate surface area is 116 Å². The number of thioether (sulfide) groups is 1. The van der Waals surface area contributed by atoms with E-state index in [1.54, 1.807) is 0 Å². The van der Waals surface area contributed by atoms with Gasteiger partial charge in [-0.05, 0) is 70.3 Å². The molecule has 2 aliphatic heterocycles. The first-order valence-corrected chi connectivity index (χ1v) is 8.90. The summed E-state index contributed by atoms with van der Waals surface area (Å²) in [5.74, 6) is 1.32. The zero-order valence-electron chi connectivity index (χ0n) is 11.8. The van der Waals surface area contributed by atoms with Gasteiger partial charge in [0.05, 0.1) is 0 Å². The molecule has 2 saturated heterocycles. The second kappa shape index (κ2) is 7.73. The molecule has 0 amide bonds. The number of nitrogens with zero attached hydrogens (tertiary/aromatic N) is 2. The summed E-state index contributed by atoms with van der Waals surface area (Å²) < 4.78 is 0. The van der Waals surface area contributed by atoms with Crippen molar-refractivity contribution in [3.05, 3.63) is 0 Å². The van der Waals surface area contributed by atoms with E-state index in [4.69, 9.17) is 5.73 Å². The minimum atomic E-state index is 0.463. The van der Waals surface area contributed by atoms with Crippen LogP contribution in [0.5, 0.6) is 0 Å². The first-order chi connectivity index (χ1) is 8.79. The van der Waals surface area contributed by atoms with Crippen LogP contribution < -0.4 is 5.73 Å². The Morgan fingerprint density at radius 1 is 1.11 bits per heavy atom. The van der Waals surface area contributed by atoms with Crippen LogP contribution >= 0.6 is 11.8 Å². The molecule has 2 heterocycles. The predicted octanol–water partition coefficient (Wildman–Crippen LogP) is 1.63. The van der Waals surface area contributed by atoms with Gasteiger partial charge in [-0.1, -0.05) is 0 Å². The third-order valence-electron chi connectivity index (χ3n) is 4.41. The molecule has 1 atom stereocenters. The van der Waals surface area contributed by atoms with Crippen LogP contribution in [-0.2, 0) is 0 Å². The van der Waals surface area contributed by atoms with Crippen molar-refractivity contribution in [2.45, 2.75) is 44.2 Å². The molecule has 0 spiro atoms. The van der Waals surface area contributed by atoms with Crippen molar-refractivity contribution in [1.29, 1.82) is 0 Å². The molecule has 2 N–H and O–H groups in total. The average Bonchev–Trinajstić information content (AvgIpc) is 2.84. The quantitative estimate of drug-likeness (QED) is 0.744. The lowest BCUT2D eigenvalue weighted by Crippen LogP contribution is -2.46. The summed E-state index contributed by atoms with van der Waals surface area (Å²) in [7, 11) is 0. The molecular formula is C14H29N3S. The molecule has 18 heavy (non-hydrogen) atoms. The third kappa shape index (κ3) is 4.41. The van der Waals surface area contributed by atoms with Crippen LogP contribution in [0.2, 0.25) is 0 Å². The molecular weight excluding hydrogens is 242 g/mol. The molecule has 2 rings (SSSR count). The number of likely N-dealkylation sites (tertiary alicyclic amines) is 2. The van der Waals surface area contributed by atoms with Gasteiger partial charge in [0.2, 0.25) is 0 Å². The lowest BCUT2D eigenvalue weighted by molar-refractivity contribution is 0.152. The maximum atomic E-state index is 5.98. The van der Waals surface area contributed by atoms with E-state index < -0.39 is 0 Å². The van der Waals surface area contributed by atoms with E-state index in [-0.39, 0.29) is 0 Å². The van der Waals surface area contributed by atoms with Crippen molar-refractivity contribution in [3.63, 3.8) is 0 Å². The first kappa shape index (κ1) is 14.6. The van der Waals surface area contributed by atoms with Crippen LogP contribution in [0.1, 0.15) is 32.1 Å². The molecule has 2 aliphatic rings. The van der Waals surface area contributed by atoms with Crippen LogP contribution in [0.15, 0.2) is 0 Å². The molecule has 106 valence electrons. The number of hydrogen-bond donors (Lipinski definition) is 1. The highest BCUT2D eigenvalue weighted by Crippen LogP contribution is 2.20. The summed E-state index contributed by atoms with van der Waals surface area (Å²) in [6.07, 6.45) is 8.72. The van der Waals surface area contributed by atoms with Gasteiger partial charge in [-0.15, -0.1) is 0 Å². The summed E-state index contributed by atoms with van der Waals surface area (Å²) in [4.78, 5) is 5.35. The number of rotatable bonds is 6. The smallest absolute Gasteiger partial charge is 0.0235 e. The molecule has 0 aliphatic carbocycles. The van der Waals surface area contributed by atoms with Gasteiger partial charge < -0.3 is 10.6 Å². The van der Waals surface area contributed by atoms with E-state index >= 15 is 0 Å². The van der Waals surface area contributed by atoms with Gasteiger partial charge in [0.1, 0.15) is 0 Å². The van der Waals surface area contributed by atoms with Crippen LogP contribution in [0, 0.1) is 0 Å². The van der Waals surface area contributed by atoms with E-state index in [1.165, 1.54) is 70.6 Å². The summed E-state index contributed by atoms with van der Waals surface area (Å²) in [5.41, 5.74) is 5.98. The van der Waals surface area contributed by atoms with Crippen LogP contribution in [0.4, 0.5) is 0 Å². The molecule has 1 unspecified atom stereocenters. The van der Waals surface area contributed by atoms with Crippen LogP contribution in [0.25, 0.3) is 0 Å². The third-order valence-corrected chi connectivity index (χ3v) is 5.11. The zero-order valence-corrected chi connectivity index (χ0v) is 12.6. The van der Waals surface area contributed by atoms with Crippen molar-refractivity contribution < 1.29 is 0 Å². The molecule has 0 radical (unpaired) electrons. The second-order valence-corrected chi connectivity index (χ2v) is 6.80. The molecule has 0 saturated carbocycles. The Morgan fingerprint density at radius 2 is 1.89 bits per heavy atom. The molecule has 0 bridgehead atoms. The van der Waals surface area contributed by atoms with Crippen LogP contribution in [0.3, 0.4) is 0 Å². The first-order valence-electron chi connectivity index (χ1n) is 7.50. The highest BCUT2D eigenvalue weighted by Gasteiger charge is 2.29. The standard InChI is InChI=1S/C14H29N3S/c1-18-11-3-2-7-16-8-6-14(12-16)17-9-4-13(15)5-10-17/h13-14H,2-12,15H2,1H3. The number of hydrogen-bond acceptors (Lipinski definition) is 4. The molecule has 4 heteroatoms. The SMILES string of the molecule is CSCCCCN1CCC(N2CCC(N)CC2)C1. The van der Waals surface area contributed by atoms with Gasteiger partial charge in [-0.2, -0.15) is 11.8 Å². The molecule has 0 aromatic rings. The maximum Gasteiger partial charge on any atom is 0.0235 e. The van der Waals surface area contributed by atoms with Crippen LogP contribution in [-0.4, -0.2) is 66.6 Å². The molecule has 0 aromatic carbocycles. The summed E-state index contributed by atoms with van der Waals surface area (Å²) >= 11 is 1.97. The van der Waals surface area contributed by atoms with E-state index in [0.717, 1.165) is 6.04 Å². The van der Waals surface area contributed by atoms with Gasteiger partial charge >= 0.3 is 0 Å². The fraction of sp³-hybridized carbons (Fsp3) is 1.00. The number of nitrogens with two attached hydrogens (primary N) is 1. The van der Waals surface area contributed by atoms with Gasteiger partial charge in [0.15, 0.2) is 0 Å². The second-order valence-electron chi connectivity index (χ2n) is 5.82. The topological polar surface area (TPSA) is 32.5 Å².